The summed E-state index contributed by atoms with van der Waals surface area (Å²) in [6, 6.07) is 23.0. The van der Waals surface area contributed by atoms with Crippen molar-refractivity contribution in [1.82, 2.24) is 0 Å². The number of hydrogen-bond donors (Lipinski definition) is 2. The topological polar surface area (TPSA) is 58.9 Å². The Bertz CT molecular complexity index is 1010. The largest absolute Gasteiger partial charge is 0.494 e. The molecule has 168 valence electrons. The van der Waals surface area contributed by atoms with Gasteiger partial charge in [-0.1, -0.05) is 48.5 Å². The number of rotatable bonds is 7. The second-order valence-electron chi connectivity index (χ2n) is 8.53. The molecule has 3 aromatic rings. The third-order valence-electron chi connectivity index (χ3n) is 6.20. The van der Waals surface area contributed by atoms with Gasteiger partial charge in [0.15, 0.2) is 0 Å². The van der Waals surface area contributed by atoms with Crippen LogP contribution in [0.2, 0.25) is 0 Å². The van der Waals surface area contributed by atoms with Crippen LogP contribution in [0.1, 0.15) is 48.1 Å². The second kappa shape index (κ2) is 10.3. The van der Waals surface area contributed by atoms with Crippen molar-refractivity contribution < 1.29 is 19.7 Å². The predicted molar refractivity (Wildman–Crippen MR) is 127 cm³/mol. The molecule has 0 radical (unpaired) electrons. The molecule has 1 heterocycles. The fraction of sp³-hybridized carbons (Fsp3) is 0.357. The van der Waals surface area contributed by atoms with Crippen LogP contribution < -0.4 is 4.74 Å². The first-order valence-electron chi connectivity index (χ1n) is 11.4. The van der Waals surface area contributed by atoms with E-state index in [2.05, 4.69) is 55.5 Å². The molecule has 3 aromatic carbocycles. The van der Waals surface area contributed by atoms with Gasteiger partial charge in [-0.05, 0) is 71.8 Å². The minimum Gasteiger partial charge on any atom is -0.494 e. The van der Waals surface area contributed by atoms with Gasteiger partial charge in [-0.25, -0.2) is 0 Å². The van der Waals surface area contributed by atoms with Crippen LogP contribution in [0.4, 0.5) is 0 Å². The van der Waals surface area contributed by atoms with Crippen LogP contribution in [0.3, 0.4) is 0 Å². The van der Waals surface area contributed by atoms with Crippen molar-refractivity contribution in [3.63, 3.8) is 0 Å². The van der Waals surface area contributed by atoms with Gasteiger partial charge in [0.2, 0.25) is 0 Å². The Balaban J connectivity index is 1.72. The van der Waals surface area contributed by atoms with Crippen molar-refractivity contribution in [2.45, 2.75) is 51.4 Å². The summed E-state index contributed by atoms with van der Waals surface area (Å²) in [6.07, 6.45) is 0.768. The lowest BCUT2D eigenvalue weighted by Crippen LogP contribution is -2.33. The highest BCUT2D eigenvalue weighted by Gasteiger charge is 2.29. The van der Waals surface area contributed by atoms with Gasteiger partial charge in [0.25, 0.3) is 0 Å². The molecule has 1 fully saturated rings. The van der Waals surface area contributed by atoms with E-state index in [0.717, 1.165) is 23.3 Å². The summed E-state index contributed by atoms with van der Waals surface area (Å²) in [5.74, 6) is 0.881. The maximum absolute atomic E-state index is 10.4. The van der Waals surface area contributed by atoms with Gasteiger partial charge >= 0.3 is 0 Å². The van der Waals surface area contributed by atoms with Crippen LogP contribution in [-0.4, -0.2) is 35.6 Å². The molecule has 32 heavy (non-hydrogen) atoms. The first kappa shape index (κ1) is 22.5. The zero-order valence-electron chi connectivity index (χ0n) is 18.8. The van der Waals surface area contributed by atoms with Gasteiger partial charge in [-0.2, -0.15) is 0 Å². The van der Waals surface area contributed by atoms with E-state index in [-0.39, 0.29) is 18.8 Å². The highest BCUT2D eigenvalue weighted by atomic mass is 16.5. The Morgan fingerprint density at radius 2 is 1.75 bits per heavy atom. The van der Waals surface area contributed by atoms with Crippen LogP contribution >= 0.6 is 0 Å². The summed E-state index contributed by atoms with van der Waals surface area (Å²) >= 11 is 0. The first-order valence-corrected chi connectivity index (χ1v) is 11.4. The maximum atomic E-state index is 10.4. The maximum Gasteiger partial charge on any atom is 0.119 e. The molecular formula is C28H32O4. The number of aliphatic hydroxyl groups excluding tert-OH is 2. The molecule has 0 aliphatic carbocycles. The van der Waals surface area contributed by atoms with Crippen LogP contribution in [0.25, 0.3) is 11.1 Å². The Morgan fingerprint density at radius 3 is 2.44 bits per heavy atom. The first-order chi connectivity index (χ1) is 15.6. The third-order valence-corrected chi connectivity index (χ3v) is 6.20. The molecule has 0 amide bonds. The average molecular weight is 433 g/mol. The summed E-state index contributed by atoms with van der Waals surface area (Å²) in [4.78, 5) is 0. The van der Waals surface area contributed by atoms with E-state index in [0.29, 0.717) is 19.4 Å². The molecule has 2 N–H and O–H groups in total. The highest BCUT2D eigenvalue weighted by molar-refractivity contribution is 5.70. The molecule has 0 aromatic heterocycles. The number of benzene rings is 3. The van der Waals surface area contributed by atoms with Gasteiger partial charge in [0.1, 0.15) is 5.75 Å². The monoisotopic (exact) mass is 432 g/mol. The van der Waals surface area contributed by atoms with Crippen LogP contribution in [0.15, 0.2) is 66.7 Å². The van der Waals surface area contributed by atoms with Crippen LogP contribution in [0.5, 0.6) is 5.75 Å². The van der Waals surface area contributed by atoms with Crippen molar-refractivity contribution in [3.05, 3.63) is 89.0 Å². The summed E-state index contributed by atoms with van der Waals surface area (Å²) in [7, 11) is 0. The van der Waals surface area contributed by atoms with E-state index in [1.165, 1.54) is 22.3 Å². The molecule has 1 aliphatic rings. The zero-order valence-corrected chi connectivity index (χ0v) is 18.8. The van der Waals surface area contributed by atoms with Crippen molar-refractivity contribution in [3.8, 4) is 16.9 Å². The molecule has 4 nitrogen and oxygen atoms in total. The van der Waals surface area contributed by atoms with E-state index in [1.807, 2.05) is 25.1 Å². The highest BCUT2D eigenvalue weighted by Crippen LogP contribution is 2.37. The zero-order chi connectivity index (χ0) is 22.5. The van der Waals surface area contributed by atoms with Gasteiger partial charge in [0.05, 0.1) is 31.5 Å². The van der Waals surface area contributed by atoms with E-state index in [1.54, 1.807) is 0 Å². The van der Waals surface area contributed by atoms with E-state index < -0.39 is 6.10 Å². The predicted octanol–water partition coefficient (Wildman–Crippen LogP) is 5.22. The molecule has 0 spiro atoms. The number of ether oxygens (including phenoxy) is 2. The average Bonchev–Trinajstić information content (AvgIpc) is 2.82. The standard InChI is InChI=1S/C28H32O4/c1-3-31-25-11-9-20(10-12-25)13-22-14-23(28-17-24(30)16-26(18-29)32-28)15-27(19(22)2)21-7-5-4-6-8-21/h4-12,14-15,24,26,28-30H,3,13,16-18H2,1-2H3. The molecule has 0 bridgehead atoms. The Hall–Kier alpha value is -2.66. The lowest BCUT2D eigenvalue weighted by atomic mass is 9.87. The fourth-order valence-corrected chi connectivity index (χ4v) is 4.50. The molecule has 4 heteroatoms. The van der Waals surface area contributed by atoms with E-state index in [4.69, 9.17) is 9.47 Å². The summed E-state index contributed by atoms with van der Waals surface area (Å²) in [5, 5.41) is 20.0. The van der Waals surface area contributed by atoms with Crippen molar-refractivity contribution >= 4 is 0 Å². The van der Waals surface area contributed by atoms with Crippen molar-refractivity contribution in [2.24, 2.45) is 0 Å². The molecule has 1 aliphatic heterocycles. The molecule has 0 saturated carbocycles. The Labute approximate surface area is 190 Å². The summed E-state index contributed by atoms with van der Waals surface area (Å²) < 4.78 is 11.7. The Kier molecular flexibility index (Phi) is 7.26. The van der Waals surface area contributed by atoms with E-state index in [9.17, 15) is 10.2 Å². The smallest absolute Gasteiger partial charge is 0.119 e. The van der Waals surface area contributed by atoms with Gasteiger partial charge in [0, 0.05) is 12.8 Å². The SMILES string of the molecule is CCOc1ccc(Cc2cc(C3CC(O)CC(CO)O3)cc(-c3ccccc3)c2C)cc1. The van der Waals surface area contributed by atoms with Gasteiger partial charge in [-0.3, -0.25) is 0 Å². The lowest BCUT2D eigenvalue weighted by molar-refractivity contribution is -0.113. The van der Waals surface area contributed by atoms with Crippen molar-refractivity contribution in [2.75, 3.05) is 13.2 Å². The third kappa shape index (κ3) is 5.21. The normalized spacial score (nSPS) is 20.8. The van der Waals surface area contributed by atoms with Crippen LogP contribution in [0, 0.1) is 6.92 Å². The van der Waals surface area contributed by atoms with Gasteiger partial charge in [-0.15, -0.1) is 0 Å². The minimum absolute atomic E-state index is 0.0794. The molecule has 1 saturated heterocycles. The fourth-order valence-electron chi connectivity index (χ4n) is 4.50. The van der Waals surface area contributed by atoms with E-state index >= 15 is 0 Å². The quantitative estimate of drug-likeness (QED) is 0.537. The molecular weight excluding hydrogens is 400 g/mol. The molecule has 4 rings (SSSR count). The number of aliphatic hydroxyl groups is 2. The summed E-state index contributed by atoms with van der Waals surface area (Å²) in [5.41, 5.74) is 7.07. The minimum atomic E-state index is -0.470. The molecule has 3 unspecified atom stereocenters. The summed E-state index contributed by atoms with van der Waals surface area (Å²) in [6.45, 7) is 4.73. The van der Waals surface area contributed by atoms with Gasteiger partial charge < -0.3 is 19.7 Å². The number of hydrogen-bond acceptors (Lipinski definition) is 4. The van der Waals surface area contributed by atoms with Crippen molar-refractivity contribution in [1.29, 1.82) is 0 Å². The van der Waals surface area contributed by atoms with Crippen LogP contribution in [-0.2, 0) is 11.2 Å². The molecule has 3 atom stereocenters. The lowest BCUT2D eigenvalue weighted by Gasteiger charge is -2.33. The Morgan fingerprint density at radius 1 is 1.00 bits per heavy atom. The second-order valence-corrected chi connectivity index (χ2v) is 8.53.